The zero-order chi connectivity index (χ0) is 18.8. The van der Waals surface area contributed by atoms with E-state index in [0.717, 1.165) is 11.3 Å². The monoisotopic (exact) mass is 377 g/mol. The Balaban J connectivity index is 1.67. The molecule has 1 amide bonds. The fraction of sp³-hybridized carbons (Fsp3) is 0.350. The lowest BCUT2D eigenvalue weighted by atomic mass is 10.1. The van der Waals surface area contributed by atoms with Gasteiger partial charge in [0, 0.05) is 30.5 Å². The summed E-state index contributed by atoms with van der Waals surface area (Å²) in [5.41, 5.74) is 1.68. The van der Waals surface area contributed by atoms with Crippen molar-refractivity contribution in [1.82, 2.24) is 5.32 Å². The molecule has 0 aliphatic carbocycles. The molecule has 0 saturated carbocycles. The van der Waals surface area contributed by atoms with Crippen LogP contribution in [0.5, 0.6) is 11.5 Å². The third-order valence-electron chi connectivity index (χ3n) is 3.84. The summed E-state index contributed by atoms with van der Waals surface area (Å²) < 4.78 is 24.0. The predicted molar refractivity (Wildman–Crippen MR) is 103 cm³/mol. The molecule has 2 aromatic rings. The third-order valence-corrected chi connectivity index (χ3v) is 4.84. The van der Waals surface area contributed by atoms with E-state index in [1.54, 1.807) is 44.2 Å². The number of halogens is 1. The first-order chi connectivity index (χ1) is 12.6. The number of methoxy groups -OCH3 is 2. The molecule has 0 spiro atoms. The number of amides is 1. The molecule has 0 saturated heterocycles. The average Bonchev–Trinajstić information content (AvgIpc) is 2.67. The summed E-state index contributed by atoms with van der Waals surface area (Å²) in [5, 5.41) is 2.89. The number of carbonyl (C=O) groups is 1. The largest absolute Gasteiger partial charge is 0.497 e. The van der Waals surface area contributed by atoms with Crippen LogP contribution in [0.4, 0.5) is 4.39 Å². The van der Waals surface area contributed by atoms with E-state index in [0.29, 0.717) is 42.2 Å². The maximum atomic E-state index is 13.5. The Morgan fingerprint density at radius 2 is 1.81 bits per heavy atom. The number of rotatable bonds is 10. The van der Waals surface area contributed by atoms with Crippen LogP contribution in [0.2, 0.25) is 0 Å². The van der Waals surface area contributed by atoms with Gasteiger partial charge >= 0.3 is 0 Å². The second-order valence-electron chi connectivity index (χ2n) is 5.71. The van der Waals surface area contributed by atoms with Crippen LogP contribution >= 0.6 is 11.8 Å². The van der Waals surface area contributed by atoms with Crippen molar-refractivity contribution in [3.63, 3.8) is 0 Å². The summed E-state index contributed by atoms with van der Waals surface area (Å²) >= 11 is 1.60. The minimum absolute atomic E-state index is 0.00159. The molecule has 140 valence electrons. The quantitative estimate of drug-likeness (QED) is 0.640. The SMILES string of the molecule is COc1cc(CCC(=O)NCCSCc2ccccc2F)cc(OC)c1. The maximum absolute atomic E-state index is 13.5. The molecule has 0 fully saturated rings. The van der Waals surface area contributed by atoms with Crippen LogP contribution in [-0.4, -0.2) is 32.4 Å². The van der Waals surface area contributed by atoms with Crippen molar-refractivity contribution in [3.05, 3.63) is 59.4 Å². The third kappa shape index (κ3) is 6.59. The summed E-state index contributed by atoms with van der Waals surface area (Å²) in [6.45, 7) is 0.569. The number of carbonyl (C=O) groups excluding carboxylic acids is 1. The van der Waals surface area contributed by atoms with Gasteiger partial charge in [0.1, 0.15) is 17.3 Å². The van der Waals surface area contributed by atoms with Crippen molar-refractivity contribution in [2.75, 3.05) is 26.5 Å². The van der Waals surface area contributed by atoms with Gasteiger partial charge in [-0.2, -0.15) is 11.8 Å². The van der Waals surface area contributed by atoms with E-state index in [9.17, 15) is 9.18 Å². The second-order valence-corrected chi connectivity index (χ2v) is 6.82. The molecule has 0 heterocycles. The molecule has 0 aromatic heterocycles. The van der Waals surface area contributed by atoms with Gasteiger partial charge in [-0.1, -0.05) is 18.2 Å². The van der Waals surface area contributed by atoms with Gasteiger partial charge in [-0.3, -0.25) is 4.79 Å². The Morgan fingerprint density at radius 3 is 2.46 bits per heavy atom. The molecular formula is C20H24FNO3S. The molecule has 4 nitrogen and oxygen atoms in total. The standard InChI is InChI=1S/C20H24FNO3S/c1-24-17-11-15(12-18(13-17)25-2)7-8-20(23)22-9-10-26-14-16-5-3-4-6-19(16)21/h3-6,11-13H,7-10,14H2,1-2H3,(H,22,23). The van der Waals surface area contributed by atoms with Crippen LogP contribution in [-0.2, 0) is 17.0 Å². The molecule has 0 atom stereocenters. The van der Waals surface area contributed by atoms with Crippen molar-refractivity contribution >= 4 is 17.7 Å². The summed E-state index contributed by atoms with van der Waals surface area (Å²) in [6.07, 6.45) is 1.01. The molecule has 0 aliphatic rings. The zero-order valence-electron chi connectivity index (χ0n) is 15.1. The molecule has 26 heavy (non-hydrogen) atoms. The Labute approximate surface area is 158 Å². The van der Waals surface area contributed by atoms with Gasteiger partial charge in [0.05, 0.1) is 14.2 Å². The van der Waals surface area contributed by atoms with E-state index in [2.05, 4.69) is 5.32 Å². The van der Waals surface area contributed by atoms with Crippen LogP contribution in [0.15, 0.2) is 42.5 Å². The van der Waals surface area contributed by atoms with Crippen LogP contribution in [0, 0.1) is 5.82 Å². The number of ether oxygens (including phenoxy) is 2. The first-order valence-electron chi connectivity index (χ1n) is 8.42. The highest BCUT2D eigenvalue weighted by molar-refractivity contribution is 7.98. The van der Waals surface area contributed by atoms with Gasteiger partial charge in [0.25, 0.3) is 0 Å². The van der Waals surface area contributed by atoms with E-state index in [-0.39, 0.29) is 11.7 Å². The number of hydrogen-bond acceptors (Lipinski definition) is 4. The molecule has 6 heteroatoms. The van der Waals surface area contributed by atoms with E-state index in [1.165, 1.54) is 6.07 Å². The smallest absolute Gasteiger partial charge is 0.220 e. The topological polar surface area (TPSA) is 47.6 Å². The van der Waals surface area contributed by atoms with Crippen molar-refractivity contribution in [2.24, 2.45) is 0 Å². The van der Waals surface area contributed by atoms with Crippen LogP contribution in [0.25, 0.3) is 0 Å². The van der Waals surface area contributed by atoms with E-state index < -0.39 is 0 Å². The normalized spacial score (nSPS) is 10.4. The van der Waals surface area contributed by atoms with E-state index in [1.807, 2.05) is 18.2 Å². The number of thioether (sulfide) groups is 1. The molecule has 2 rings (SSSR count). The molecular weight excluding hydrogens is 353 g/mol. The molecule has 0 bridgehead atoms. The zero-order valence-corrected chi connectivity index (χ0v) is 15.9. The lowest BCUT2D eigenvalue weighted by Gasteiger charge is -2.09. The lowest BCUT2D eigenvalue weighted by molar-refractivity contribution is -0.120. The van der Waals surface area contributed by atoms with Gasteiger partial charge in [-0.05, 0) is 35.7 Å². The molecule has 2 aromatic carbocycles. The van der Waals surface area contributed by atoms with Crippen LogP contribution < -0.4 is 14.8 Å². The number of nitrogens with one attached hydrogen (secondary N) is 1. The summed E-state index contributed by atoms with van der Waals surface area (Å²) in [4.78, 5) is 12.0. The minimum Gasteiger partial charge on any atom is -0.497 e. The number of aryl methyl sites for hydroxylation is 1. The average molecular weight is 377 g/mol. The first kappa shape index (κ1) is 20.1. The van der Waals surface area contributed by atoms with Crippen molar-refractivity contribution < 1.29 is 18.7 Å². The minimum atomic E-state index is -0.183. The van der Waals surface area contributed by atoms with Gasteiger partial charge in [-0.15, -0.1) is 0 Å². The van der Waals surface area contributed by atoms with Crippen molar-refractivity contribution in [3.8, 4) is 11.5 Å². The lowest BCUT2D eigenvalue weighted by Crippen LogP contribution is -2.25. The predicted octanol–water partition coefficient (Wildman–Crippen LogP) is 3.83. The summed E-state index contributed by atoms with van der Waals surface area (Å²) in [7, 11) is 3.20. The Kier molecular flexibility index (Phi) is 8.28. The van der Waals surface area contributed by atoms with Gasteiger partial charge < -0.3 is 14.8 Å². The van der Waals surface area contributed by atoms with E-state index >= 15 is 0 Å². The first-order valence-corrected chi connectivity index (χ1v) is 9.57. The molecule has 0 aliphatic heterocycles. The van der Waals surface area contributed by atoms with E-state index in [4.69, 9.17) is 9.47 Å². The fourth-order valence-corrected chi connectivity index (χ4v) is 3.26. The van der Waals surface area contributed by atoms with Crippen molar-refractivity contribution in [1.29, 1.82) is 0 Å². The van der Waals surface area contributed by atoms with Gasteiger partial charge in [-0.25, -0.2) is 4.39 Å². The molecule has 0 radical (unpaired) electrons. The van der Waals surface area contributed by atoms with Crippen LogP contribution in [0.3, 0.4) is 0 Å². The Hall–Kier alpha value is -2.21. The second kappa shape index (κ2) is 10.7. The van der Waals surface area contributed by atoms with Gasteiger partial charge in [0.2, 0.25) is 5.91 Å². The van der Waals surface area contributed by atoms with Crippen molar-refractivity contribution in [2.45, 2.75) is 18.6 Å². The fourth-order valence-electron chi connectivity index (χ4n) is 2.42. The summed E-state index contributed by atoms with van der Waals surface area (Å²) in [6, 6.07) is 12.4. The summed E-state index contributed by atoms with van der Waals surface area (Å²) in [5.74, 6) is 2.59. The van der Waals surface area contributed by atoms with Gasteiger partial charge in [0.15, 0.2) is 0 Å². The highest BCUT2D eigenvalue weighted by atomic mass is 32.2. The maximum Gasteiger partial charge on any atom is 0.220 e. The Morgan fingerprint density at radius 1 is 1.12 bits per heavy atom. The number of benzene rings is 2. The molecule has 1 N–H and O–H groups in total. The highest BCUT2D eigenvalue weighted by Crippen LogP contribution is 2.23. The van der Waals surface area contributed by atoms with Crippen LogP contribution in [0.1, 0.15) is 17.5 Å². The highest BCUT2D eigenvalue weighted by Gasteiger charge is 2.06. The Bertz CT molecular complexity index is 702. The number of hydrogen-bond donors (Lipinski definition) is 1. The molecule has 0 unspecified atom stereocenters.